The molecule has 0 bridgehead atoms. The van der Waals surface area contributed by atoms with Crippen LogP contribution in [0.25, 0.3) is 0 Å². The van der Waals surface area contributed by atoms with Crippen LogP contribution in [-0.4, -0.2) is 41.5 Å². The van der Waals surface area contributed by atoms with Crippen molar-refractivity contribution in [3.8, 4) is 6.07 Å². The Morgan fingerprint density at radius 2 is 2.03 bits per heavy atom. The zero-order valence-electron chi connectivity index (χ0n) is 17.4. The van der Waals surface area contributed by atoms with Gasteiger partial charge >= 0.3 is 5.97 Å². The molecule has 32 heavy (non-hydrogen) atoms. The Hall–Kier alpha value is -3.38. The first-order valence-electron chi connectivity index (χ1n) is 10.4. The summed E-state index contributed by atoms with van der Waals surface area (Å²) in [6.45, 7) is 3.13. The number of nitrogens with zero attached hydrogens (tertiary/aromatic N) is 3. The number of H-pyrrole nitrogens is 1. The van der Waals surface area contributed by atoms with Crippen LogP contribution in [0.2, 0.25) is 5.02 Å². The number of ether oxygens (including phenoxy) is 1. The van der Waals surface area contributed by atoms with Gasteiger partial charge in [-0.3, -0.25) is 19.4 Å². The van der Waals surface area contributed by atoms with Crippen LogP contribution in [0.3, 0.4) is 0 Å². The summed E-state index contributed by atoms with van der Waals surface area (Å²) in [5.74, 6) is -2.45. The molecule has 1 aromatic carbocycles. The lowest BCUT2D eigenvalue weighted by Gasteiger charge is -2.33. The van der Waals surface area contributed by atoms with Gasteiger partial charge in [0.25, 0.3) is 5.56 Å². The first kappa shape index (κ1) is 21.8. The number of rotatable bonds is 4. The molecule has 0 spiro atoms. The summed E-state index contributed by atoms with van der Waals surface area (Å²) in [5.41, 5.74) is 0.282. The van der Waals surface area contributed by atoms with Crippen LogP contribution in [0.15, 0.2) is 29.1 Å². The van der Waals surface area contributed by atoms with Crippen molar-refractivity contribution in [3.05, 3.63) is 50.8 Å². The van der Waals surface area contributed by atoms with E-state index >= 15 is 0 Å². The Labute approximate surface area is 189 Å². The number of piperidine rings is 1. The molecule has 10 heteroatoms. The quantitative estimate of drug-likeness (QED) is 0.677. The molecule has 2 aliphatic rings. The highest BCUT2D eigenvalue weighted by molar-refractivity contribution is 6.31. The number of hydrogen-bond donors (Lipinski definition) is 2. The topological polar surface area (TPSA) is 128 Å². The third kappa shape index (κ3) is 3.94. The fraction of sp³-hybridized carbons (Fsp3) is 0.409. The number of halogens is 1. The number of hydrogen-bond acceptors (Lipinski definition) is 7. The summed E-state index contributed by atoms with van der Waals surface area (Å²) in [6, 6.07) is 8.83. The molecule has 4 rings (SSSR count). The number of carbonyl (C=O) groups excluding carboxylic acids is 2. The molecule has 0 radical (unpaired) electrons. The number of esters is 1. The molecule has 1 aromatic heterocycles. The lowest BCUT2D eigenvalue weighted by atomic mass is 9.79. The Kier molecular flexibility index (Phi) is 6.15. The van der Waals surface area contributed by atoms with Crippen LogP contribution >= 0.6 is 11.6 Å². The van der Waals surface area contributed by atoms with E-state index in [4.69, 9.17) is 16.3 Å². The molecular formula is C22H22ClN5O4. The van der Waals surface area contributed by atoms with E-state index in [1.165, 1.54) is 0 Å². The standard InChI is InChI=1S/C22H22ClN5O4/c1-2-32-21(31)12-7-9-28(10-8-12)22-26-18-17(20(30)27-22)16(14(11-24)19(29)25-18)13-5-3-4-6-15(13)23/h3-6,12,14,16H,2,7-10H2,1H3,(H2,25,26,27,29,30). The summed E-state index contributed by atoms with van der Waals surface area (Å²) in [5, 5.41) is 12.6. The zero-order chi connectivity index (χ0) is 22.8. The van der Waals surface area contributed by atoms with E-state index in [0.29, 0.717) is 49.1 Å². The molecule has 1 fully saturated rings. The second-order valence-electron chi connectivity index (χ2n) is 7.76. The molecule has 2 unspecified atom stereocenters. The molecule has 2 N–H and O–H groups in total. The number of benzene rings is 1. The van der Waals surface area contributed by atoms with Crippen molar-refractivity contribution < 1.29 is 14.3 Å². The highest BCUT2D eigenvalue weighted by Crippen LogP contribution is 2.40. The number of carbonyl (C=O) groups is 2. The molecule has 0 saturated carbocycles. The van der Waals surface area contributed by atoms with E-state index in [1.807, 2.05) is 11.0 Å². The van der Waals surface area contributed by atoms with Gasteiger partial charge in [0.2, 0.25) is 11.9 Å². The summed E-state index contributed by atoms with van der Waals surface area (Å²) < 4.78 is 5.10. The lowest BCUT2D eigenvalue weighted by Crippen LogP contribution is -2.41. The number of nitriles is 1. The number of aromatic amines is 1. The fourth-order valence-electron chi connectivity index (χ4n) is 4.30. The Morgan fingerprint density at radius 1 is 1.31 bits per heavy atom. The van der Waals surface area contributed by atoms with Gasteiger partial charge in [-0.2, -0.15) is 10.2 Å². The molecule has 2 atom stereocenters. The van der Waals surface area contributed by atoms with Crippen LogP contribution in [0.4, 0.5) is 11.8 Å². The van der Waals surface area contributed by atoms with Crippen molar-refractivity contribution in [1.29, 1.82) is 5.26 Å². The molecule has 1 saturated heterocycles. The minimum absolute atomic E-state index is 0.123. The van der Waals surface area contributed by atoms with Crippen LogP contribution in [-0.2, 0) is 14.3 Å². The van der Waals surface area contributed by atoms with Crippen molar-refractivity contribution in [2.45, 2.75) is 25.7 Å². The van der Waals surface area contributed by atoms with Crippen LogP contribution in [0, 0.1) is 23.2 Å². The molecule has 0 aliphatic carbocycles. The summed E-state index contributed by atoms with van der Waals surface area (Å²) >= 11 is 6.34. The van der Waals surface area contributed by atoms with Crippen molar-refractivity contribution in [2.75, 3.05) is 29.9 Å². The Balaban J connectivity index is 1.68. The molecule has 2 aliphatic heterocycles. The van der Waals surface area contributed by atoms with Gasteiger partial charge in [-0.05, 0) is 31.4 Å². The van der Waals surface area contributed by atoms with Gasteiger partial charge in [0.05, 0.1) is 24.2 Å². The maximum absolute atomic E-state index is 13.1. The summed E-state index contributed by atoms with van der Waals surface area (Å²) in [7, 11) is 0. The van der Waals surface area contributed by atoms with Gasteiger partial charge < -0.3 is 15.0 Å². The van der Waals surface area contributed by atoms with E-state index in [-0.39, 0.29) is 23.3 Å². The average Bonchev–Trinajstić information content (AvgIpc) is 2.78. The highest BCUT2D eigenvalue weighted by atomic mass is 35.5. The maximum Gasteiger partial charge on any atom is 0.309 e. The predicted octanol–water partition coefficient (Wildman–Crippen LogP) is 2.43. The third-order valence-electron chi connectivity index (χ3n) is 5.90. The smallest absolute Gasteiger partial charge is 0.309 e. The number of nitrogens with one attached hydrogen (secondary N) is 2. The van der Waals surface area contributed by atoms with Crippen molar-refractivity contribution >= 4 is 35.2 Å². The van der Waals surface area contributed by atoms with Crippen LogP contribution < -0.4 is 15.8 Å². The van der Waals surface area contributed by atoms with Crippen molar-refractivity contribution in [3.63, 3.8) is 0 Å². The number of fused-ring (bicyclic) bond motifs is 1. The van der Waals surface area contributed by atoms with Crippen LogP contribution in [0.5, 0.6) is 0 Å². The normalized spacial score (nSPS) is 20.8. The molecule has 1 amide bonds. The average molecular weight is 456 g/mol. The minimum atomic E-state index is -1.11. The molecule has 2 aromatic rings. The first-order chi connectivity index (χ1) is 15.4. The highest BCUT2D eigenvalue weighted by Gasteiger charge is 2.41. The van der Waals surface area contributed by atoms with Gasteiger partial charge in [-0.1, -0.05) is 29.8 Å². The molecule has 9 nitrogen and oxygen atoms in total. The van der Waals surface area contributed by atoms with E-state index < -0.39 is 23.3 Å². The monoisotopic (exact) mass is 455 g/mol. The van der Waals surface area contributed by atoms with E-state index in [1.54, 1.807) is 31.2 Å². The fourth-order valence-corrected chi connectivity index (χ4v) is 4.55. The van der Waals surface area contributed by atoms with Crippen molar-refractivity contribution in [1.82, 2.24) is 9.97 Å². The third-order valence-corrected chi connectivity index (χ3v) is 6.25. The summed E-state index contributed by atoms with van der Waals surface area (Å²) in [6.07, 6.45) is 1.15. The minimum Gasteiger partial charge on any atom is -0.466 e. The van der Waals surface area contributed by atoms with Gasteiger partial charge in [0, 0.05) is 24.0 Å². The van der Waals surface area contributed by atoms with Gasteiger partial charge in [-0.15, -0.1) is 0 Å². The SMILES string of the molecule is CCOC(=O)C1CCN(c2nc3c(c(=O)[nH]2)C(c2ccccc2Cl)C(C#N)C(=O)N3)CC1. The van der Waals surface area contributed by atoms with Gasteiger partial charge in [-0.25, -0.2) is 0 Å². The second-order valence-corrected chi connectivity index (χ2v) is 8.17. The lowest BCUT2D eigenvalue weighted by molar-refractivity contribution is -0.148. The maximum atomic E-state index is 13.1. The Morgan fingerprint density at radius 3 is 2.69 bits per heavy atom. The number of amides is 1. The largest absolute Gasteiger partial charge is 0.466 e. The van der Waals surface area contributed by atoms with E-state index in [9.17, 15) is 19.6 Å². The van der Waals surface area contributed by atoms with Crippen molar-refractivity contribution in [2.24, 2.45) is 11.8 Å². The zero-order valence-corrected chi connectivity index (χ0v) is 18.2. The summed E-state index contributed by atoms with van der Waals surface area (Å²) in [4.78, 5) is 47.0. The molecule has 166 valence electrons. The van der Waals surface area contributed by atoms with E-state index in [0.717, 1.165) is 0 Å². The Bertz CT molecular complexity index is 1150. The molecular weight excluding hydrogens is 434 g/mol. The second kappa shape index (κ2) is 9.01. The number of anilines is 2. The van der Waals surface area contributed by atoms with E-state index in [2.05, 4.69) is 15.3 Å². The number of aromatic nitrogens is 2. The van der Waals surface area contributed by atoms with Gasteiger partial charge in [0.15, 0.2) is 0 Å². The first-order valence-corrected chi connectivity index (χ1v) is 10.8. The predicted molar refractivity (Wildman–Crippen MR) is 117 cm³/mol. The van der Waals surface area contributed by atoms with Gasteiger partial charge in [0.1, 0.15) is 11.7 Å². The molecule has 3 heterocycles. The van der Waals surface area contributed by atoms with Crippen LogP contribution in [0.1, 0.15) is 36.8 Å².